The van der Waals surface area contributed by atoms with Gasteiger partial charge in [-0.25, -0.2) is 13.4 Å². The molecule has 2 aromatic heterocycles. The molecule has 1 aliphatic carbocycles. The van der Waals surface area contributed by atoms with Gasteiger partial charge in [0.25, 0.3) is 0 Å². The molecule has 2 aromatic rings. The number of imidazole rings is 1. The topological polar surface area (TPSA) is 74.0 Å². The van der Waals surface area contributed by atoms with E-state index in [4.69, 9.17) is 4.98 Å². The summed E-state index contributed by atoms with van der Waals surface area (Å²) in [5.74, 6) is 0.825. The van der Waals surface area contributed by atoms with E-state index in [0.29, 0.717) is 23.8 Å². The molecule has 2 aliphatic rings. The fourth-order valence-corrected chi connectivity index (χ4v) is 7.84. The standard InChI is InChI=1S/C22H31N3O3S2/c1-14-11-20(17(4)24(14)19-9-10-30(27,28)13-19)21(26)12-29-22-23-15(2)16(3)25(22)18-7-5-6-8-18/h11,18-19H,5-10,12-13H2,1-4H3. The van der Waals surface area contributed by atoms with Crippen molar-refractivity contribution >= 4 is 27.4 Å². The lowest BCUT2D eigenvalue weighted by molar-refractivity contribution is 0.102. The first-order valence-corrected chi connectivity index (χ1v) is 13.6. The van der Waals surface area contributed by atoms with Crippen molar-refractivity contribution in [1.82, 2.24) is 14.1 Å². The van der Waals surface area contributed by atoms with Crippen molar-refractivity contribution in [2.24, 2.45) is 0 Å². The van der Waals surface area contributed by atoms with Gasteiger partial charge in [-0.2, -0.15) is 0 Å². The summed E-state index contributed by atoms with van der Waals surface area (Å²) in [4.78, 5) is 17.8. The Kier molecular flexibility index (Phi) is 5.92. The van der Waals surface area contributed by atoms with Gasteiger partial charge in [0.05, 0.1) is 23.0 Å². The zero-order valence-corrected chi connectivity index (χ0v) is 19.9. The molecule has 1 atom stereocenters. The van der Waals surface area contributed by atoms with Crippen LogP contribution in [0.3, 0.4) is 0 Å². The number of rotatable bonds is 6. The van der Waals surface area contributed by atoms with Crippen molar-refractivity contribution in [3.63, 3.8) is 0 Å². The largest absolute Gasteiger partial charge is 0.344 e. The zero-order valence-electron chi connectivity index (χ0n) is 18.3. The number of nitrogens with zero attached hydrogens (tertiary/aromatic N) is 3. The summed E-state index contributed by atoms with van der Waals surface area (Å²) in [5.41, 5.74) is 4.79. The Labute approximate surface area is 183 Å². The van der Waals surface area contributed by atoms with Gasteiger partial charge in [0.15, 0.2) is 20.8 Å². The second-order valence-electron chi connectivity index (χ2n) is 8.80. The van der Waals surface area contributed by atoms with Gasteiger partial charge in [0, 0.05) is 34.7 Å². The van der Waals surface area contributed by atoms with Gasteiger partial charge in [-0.1, -0.05) is 24.6 Å². The summed E-state index contributed by atoms with van der Waals surface area (Å²) in [7, 11) is -2.97. The molecule has 8 heteroatoms. The van der Waals surface area contributed by atoms with E-state index in [1.807, 2.05) is 26.8 Å². The molecule has 30 heavy (non-hydrogen) atoms. The molecule has 0 radical (unpaired) electrons. The van der Waals surface area contributed by atoms with Crippen LogP contribution >= 0.6 is 11.8 Å². The molecule has 0 amide bonds. The maximum atomic E-state index is 13.1. The van der Waals surface area contributed by atoms with E-state index in [1.165, 1.54) is 43.1 Å². The summed E-state index contributed by atoms with van der Waals surface area (Å²) in [5, 5.41) is 0.945. The number of thioether (sulfide) groups is 1. The monoisotopic (exact) mass is 449 g/mol. The smallest absolute Gasteiger partial charge is 0.175 e. The predicted molar refractivity (Wildman–Crippen MR) is 120 cm³/mol. The second-order valence-corrected chi connectivity index (χ2v) is 12.0. The number of sulfone groups is 1. The van der Waals surface area contributed by atoms with Gasteiger partial charge < -0.3 is 9.13 Å². The molecule has 1 saturated carbocycles. The summed E-state index contributed by atoms with van der Waals surface area (Å²) in [6, 6.07) is 2.36. The molecule has 1 aliphatic heterocycles. The quantitative estimate of drug-likeness (QED) is 0.484. The molecule has 1 saturated heterocycles. The molecule has 0 aromatic carbocycles. The number of Topliss-reactive ketones (excluding diaryl/α,β-unsaturated/α-hetero) is 1. The highest BCUT2D eigenvalue weighted by atomic mass is 32.2. The number of aryl methyl sites for hydroxylation is 2. The fourth-order valence-electron chi connectivity index (χ4n) is 5.10. The third-order valence-electron chi connectivity index (χ3n) is 6.73. The summed E-state index contributed by atoms with van der Waals surface area (Å²) < 4.78 is 28.2. The number of aromatic nitrogens is 3. The van der Waals surface area contributed by atoms with E-state index in [9.17, 15) is 13.2 Å². The van der Waals surface area contributed by atoms with E-state index >= 15 is 0 Å². The highest BCUT2D eigenvalue weighted by Crippen LogP contribution is 2.36. The minimum atomic E-state index is -2.97. The van der Waals surface area contributed by atoms with Gasteiger partial charge in [-0.15, -0.1) is 0 Å². The number of carbonyl (C=O) groups is 1. The Morgan fingerprint density at radius 2 is 1.77 bits per heavy atom. The van der Waals surface area contributed by atoms with Crippen LogP contribution in [0.15, 0.2) is 11.2 Å². The number of hydrogen-bond acceptors (Lipinski definition) is 5. The van der Waals surface area contributed by atoms with Gasteiger partial charge in [-0.05, 0) is 53.0 Å². The Bertz CT molecular complexity index is 1080. The summed E-state index contributed by atoms with van der Waals surface area (Å²) >= 11 is 1.52. The summed E-state index contributed by atoms with van der Waals surface area (Å²) in [6.07, 6.45) is 5.51. The molecule has 0 bridgehead atoms. The van der Waals surface area contributed by atoms with Crippen LogP contribution in [-0.4, -0.2) is 45.6 Å². The molecule has 2 fully saturated rings. The summed E-state index contributed by atoms with van der Waals surface area (Å²) in [6.45, 7) is 8.05. The van der Waals surface area contributed by atoms with Gasteiger partial charge in [0.2, 0.25) is 0 Å². The van der Waals surface area contributed by atoms with Crippen molar-refractivity contribution in [2.45, 2.75) is 77.0 Å². The number of carbonyl (C=O) groups excluding carboxylic acids is 1. The molecule has 0 spiro atoms. The minimum absolute atomic E-state index is 0.0595. The van der Waals surface area contributed by atoms with Crippen molar-refractivity contribution in [2.75, 3.05) is 17.3 Å². The average Bonchev–Trinajstić information content (AvgIpc) is 3.43. The molecular weight excluding hydrogens is 418 g/mol. The minimum Gasteiger partial charge on any atom is -0.344 e. The Morgan fingerprint density at radius 1 is 1.07 bits per heavy atom. The van der Waals surface area contributed by atoms with Gasteiger partial charge >= 0.3 is 0 Å². The van der Waals surface area contributed by atoms with Crippen molar-refractivity contribution in [3.05, 3.63) is 34.4 Å². The molecule has 1 unspecified atom stereocenters. The zero-order chi connectivity index (χ0) is 21.6. The van der Waals surface area contributed by atoms with Crippen molar-refractivity contribution in [1.29, 1.82) is 0 Å². The molecule has 3 heterocycles. The van der Waals surface area contributed by atoms with Crippen molar-refractivity contribution in [3.8, 4) is 0 Å². The fraction of sp³-hybridized carbons (Fsp3) is 0.636. The molecule has 164 valence electrons. The van der Waals surface area contributed by atoms with Crippen LogP contribution in [0, 0.1) is 27.7 Å². The van der Waals surface area contributed by atoms with Crippen LogP contribution in [-0.2, 0) is 9.84 Å². The maximum absolute atomic E-state index is 13.1. The first-order chi connectivity index (χ1) is 14.2. The maximum Gasteiger partial charge on any atom is 0.175 e. The second kappa shape index (κ2) is 8.19. The predicted octanol–water partition coefficient (Wildman–Crippen LogP) is 4.37. The average molecular weight is 450 g/mol. The highest BCUT2D eigenvalue weighted by molar-refractivity contribution is 7.99. The van der Waals surface area contributed by atoms with Crippen molar-refractivity contribution < 1.29 is 13.2 Å². The van der Waals surface area contributed by atoms with E-state index in [-0.39, 0.29) is 23.3 Å². The van der Waals surface area contributed by atoms with E-state index < -0.39 is 9.84 Å². The van der Waals surface area contributed by atoms with Crippen LogP contribution in [0.25, 0.3) is 0 Å². The van der Waals surface area contributed by atoms with Crippen LogP contribution in [0.2, 0.25) is 0 Å². The third kappa shape index (κ3) is 4.00. The molecular formula is C22H31N3O3S2. The third-order valence-corrected chi connectivity index (χ3v) is 9.44. The van der Waals surface area contributed by atoms with E-state index in [2.05, 4.69) is 16.1 Å². The van der Waals surface area contributed by atoms with Crippen LogP contribution in [0.4, 0.5) is 0 Å². The number of hydrogen-bond donors (Lipinski definition) is 0. The van der Waals surface area contributed by atoms with Crippen LogP contribution in [0.1, 0.15) is 77.3 Å². The van der Waals surface area contributed by atoms with Gasteiger partial charge in [-0.3, -0.25) is 4.79 Å². The molecule has 6 nitrogen and oxygen atoms in total. The highest BCUT2D eigenvalue weighted by Gasteiger charge is 2.32. The lowest BCUT2D eigenvalue weighted by Gasteiger charge is -2.17. The Balaban J connectivity index is 1.52. The van der Waals surface area contributed by atoms with E-state index in [0.717, 1.165) is 22.2 Å². The lowest BCUT2D eigenvalue weighted by Crippen LogP contribution is -2.15. The Hall–Kier alpha value is -1.54. The number of ketones is 1. The van der Waals surface area contributed by atoms with E-state index in [1.54, 1.807) is 0 Å². The first kappa shape index (κ1) is 21.7. The van der Waals surface area contributed by atoms with Crippen LogP contribution in [0.5, 0.6) is 0 Å². The molecule has 0 N–H and O–H groups in total. The lowest BCUT2D eigenvalue weighted by atomic mass is 10.2. The Morgan fingerprint density at radius 3 is 2.40 bits per heavy atom. The van der Waals surface area contributed by atoms with Crippen LogP contribution < -0.4 is 0 Å². The molecule has 4 rings (SSSR count). The first-order valence-electron chi connectivity index (χ1n) is 10.8. The SMILES string of the molecule is Cc1nc(SCC(=O)c2cc(C)n(C3CCS(=O)(=O)C3)c2C)n(C2CCCC2)c1C. The van der Waals surface area contributed by atoms with Gasteiger partial charge in [0.1, 0.15) is 0 Å². The normalized spacial score (nSPS) is 21.5.